The van der Waals surface area contributed by atoms with E-state index >= 15 is 0 Å². The van der Waals surface area contributed by atoms with Crippen LogP contribution in [0.2, 0.25) is 0 Å². The number of amidine groups is 1. The number of likely N-dealkylation sites (N-methyl/N-ethyl adjacent to an activating group) is 1. The highest BCUT2D eigenvalue weighted by Gasteiger charge is 2.47. The first-order valence-electron chi connectivity index (χ1n) is 7.48. The molecule has 0 radical (unpaired) electrons. The van der Waals surface area contributed by atoms with Crippen molar-refractivity contribution < 1.29 is 14.3 Å². The number of nitrogens with one attached hydrogen (secondary N) is 1. The molecule has 0 bridgehead atoms. The first-order valence-corrected chi connectivity index (χ1v) is 7.48. The number of amides is 1. The number of hydrogen-bond donors (Lipinski definition) is 1. The van der Waals surface area contributed by atoms with E-state index in [1.54, 1.807) is 21.1 Å². The standard InChI is InChI=1S/C17H19N3O3/c1-10-15(21)14-16(20(2)17(10)22)19-13(18-14)8-7-11-5-4-6-12(9-11)23-3/h4-10,14,16H,1-3H3,(H,18,19)/b8-7+. The monoisotopic (exact) mass is 313 g/mol. The average Bonchev–Trinajstić information content (AvgIpc) is 3.01. The second kappa shape index (κ2) is 5.87. The second-order valence-corrected chi connectivity index (χ2v) is 5.73. The number of likely N-dealkylation sites (tertiary alicyclic amines) is 1. The minimum absolute atomic E-state index is 0.105. The van der Waals surface area contributed by atoms with Crippen LogP contribution >= 0.6 is 0 Å². The van der Waals surface area contributed by atoms with Crippen LogP contribution in [-0.4, -0.2) is 48.8 Å². The zero-order valence-corrected chi connectivity index (χ0v) is 13.3. The van der Waals surface area contributed by atoms with Crippen LogP contribution in [0.1, 0.15) is 12.5 Å². The number of rotatable bonds is 3. The molecule has 1 saturated heterocycles. The van der Waals surface area contributed by atoms with Gasteiger partial charge in [0.2, 0.25) is 5.91 Å². The van der Waals surface area contributed by atoms with Gasteiger partial charge in [0.15, 0.2) is 11.9 Å². The maximum atomic E-state index is 12.2. The fourth-order valence-electron chi connectivity index (χ4n) is 2.85. The van der Waals surface area contributed by atoms with Crippen molar-refractivity contribution in [3.8, 4) is 5.75 Å². The molecule has 0 spiro atoms. The molecule has 0 aliphatic carbocycles. The van der Waals surface area contributed by atoms with Crippen LogP contribution in [0, 0.1) is 5.92 Å². The SMILES string of the molecule is COc1cccc(/C=C/C2=NC3C(N2)C(=O)C(C)C(=O)N3C)c1. The van der Waals surface area contributed by atoms with E-state index in [2.05, 4.69) is 10.3 Å². The van der Waals surface area contributed by atoms with Crippen LogP contribution in [-0.2, 0) is 9.59 Å². The minimum atomic E-state index is -0.620. The van der Waals surface area contributed by atoms with Crippen LogP contribution < -0.4 is 10.1 Å². The summed E-state index contributed by atoms with van der Waals surface area (Å²) in [5, 5.41) is 3.11. The van der Waals surface area contributed by atoms with Gasteiger partial charge in [0, 0.05) is 7.05 Å². The summed E-state index contributed by atoms with van der Waals surface area (Å²) in [7, 11) is 3.30. The fraction of sp³-hybridized carbons (Fsp3) is 0.353. The Labute approximate surface area is 134 Å². The number of carbonyl (C=O) groups excluding carboxylic acids is 2. The summed E-state index contributed by atoms with van der Waals surface area (Å²) in [5.41, 5.74) is 0.966. The summed E-state index contributed by atoms with van der Waals surface area (Å²) in [6.45, 7) is 1.64. The van der Waals surface area contributed by atoms with Crippen LogP contribution in [0.5, 0.6) is 5.75 Å². The van der Waals surface area contributed by atoms with Gasteiger partial charge in [-0.15, -0.1) is 0 Å². The molecule has 120 valence electrons. The van der Waals surface area contributed by atoms with Gasteiger partial charge >= 0.3 is 0 Å². The van der Waals surface area contributed by atoms with Gasteiger partial charge < -0.3 is 15.0 Å². The number of ether oxygens (including phenoxy) is 1. The molecule has 2 aliphatic rings. The first-order chi connectivity index (χ1) is 11.0. The maximum absolute atomic E-state index is 12.2. The van der Waals surface area contributed by atoms with Gasteiger partial charge in [-0.1, -0.05) is 18.2 Å². The van der Waals surface area contributed by atoms with Crippen LogP contribution in [0.3, 0.4) is 0 Å². The maximum Gasteiger partial charge on any atom is 0.234 e. The Hall–Kier alpha value is -2.63. The second-order valence-electron chi connectivity index (χ2n) is 5.73. The van der Waals surface area contributed by atoms with Gasteiger partial charge in [0.25, 0.3) is 0 Å². The number of piperidine rings is 1. The average molecular weight is 313 g/mol. The predicted octanol–water partition coefficient (Wildman–Crippen LogP) is 1.08. The van der Waals surface area contributed by atoms with Gasteiger partial charge in [-0.25, -0.2) is 4.99 Å². The third-order valence-corrected chi connectivity index (χ3v) is 4.25. The summed E-state index contributed by atoms with van der Waals surface area (Å²) in [6, 6.07) is 7.17. The number of aliphatic imine (C=N–C) groups is 1. The van der Waals surface area contributed by atoms with Crippen molar-refractivity contribution in [1.29, 1.82) is 0 Å². The minimum Gasteiger partial charge on any atom is -0.497 e. The highest BCUT2D eigenvalue weighted by atomic mass is 16.5. The van der Waals surface area contributed by atoms with Crippen molar-refractivity contribution in [3.05, 3.63) is 35.9 Å². The lowest BCUT2D eigenvalue weighted by molar-refractivity contribution is -0.147. The van der Waals surface area contributed by atoms with Crippen LogP contribution in [0.4, 0.5) is 0 Å². The molecule has 1 N–H and O–H groups in total. The molecular formula is C17H19N3O3. The predicted molar refractivity (Wildman–Crippen MR) is 87.1 cm³/mol. The number of benzene rings is 1. The number of ketones is 1. The van der Waals surface area contributed by atoms with E-state index in [0.717, 1.165) is 11.3 Å². The molecule has 0 saturated carbocycles. The van der Waals surface area contributed by atoms with E-state index in [0.29, 0.717) is 5.84 Å². The van der Waals surface area contributed by atoms with Gasteiger partial charge in [-0.3, -0.25) is 9.59 Å². The Morgan fingerprint density at radius 2 is 2.09 bits per heavy atom. The summed E-state index contributed by atoms with van der Waals surface area (Å²) in [5.74, 6) is 0.471. The Bertz CT molecular complexity index is 711. The first kappa shape index (κ1) is 15.3. The van der Waals surface area contributed by atoms with Gasteiger partial charge in [-0.05, 0) is 30.7 Å². The normalized spacial score (nSPS) is 27.0. The van der Waals surface area contributed by atoms with Gasteiger partial charge in [0.1, 0.15) is 17.6 Å². The Kier molecular flexibility index (Phi) is 3.90. The number of nitrogens with zero attached hydrogens (tertiary/aromatic N) is 2. The highest BCUT2D eigenvalue weighted by Crippen LogP contribution is 2.24. The zero-order valence-electron chi connectivity index (χ0n) is 13.3. The molecular weight excluding hydrogens is 294 g/mol. The van der Waals surface area contributed by atoms with E-state index in [4.69, 9.17) is 4.74 Å². The van der Waals surface area contributed by atoms with E-state index in [1.807, 2.05) is 36.4 Å². The van der Waals surface area contributed by atoms with E-state index in [1.165, 1.54) is 4.90 Å². The molecule has 1 amide bonds. The lowest BCUT2D eigenvalue weighted by Crippen LogP contribution is -2.59. The van der Waals surface area contributed by atoms with E-state index in [-0.39, 0.29) is 11.7 Å². The topological polar surface area (TPSA) is 71.0 Å². The molecule has 1 aromatic rings. The molecule has 6 heteroatoms. The smallest absolute Gasteiger partial charge is 0.234 e. The molecule has 3 rings (SSSR count). The number of methoxy groups -OCH3 is 1. The third-order valence-electron chi connectivity index (χ3n) is 4.25. The molecule has 3 atom stereocenters. The highest BCUT2D eigenvalue weighted by molar-refractivity contribution is 6.10. The number of Topliss-reactive ketones (excluding diaryl/α,β-unsaturated/α-hetero) is 1. The van der Waals surface area contributed by atoms with Gasteiger partial charge in [-0.2, -0.15) is 0 Å². The van der Waals surface area contributed by atoms with Crippen molar-refractivity contribution in [2.24, 2.45) is 10.9 Å². The molecule has 2 aliphatic heterocycles. The van der Waals surface area contributed by atoms with Crippen molar-refractivity contribution in [3.63, 3.8) is 0 Å². The zero-order chi connectivity index (χ0) is 16.6. The van der Waals surface area contributed by atoms with Crippen LogP contribution in [0.15, 0.2) is 35.3 Å². The van der Waals surface area contributed by atoms with E-state index < -0.39 is 18.1 Å². The lowest BCUT2D eigenvalue weighted by atomic mass is 9.92. The molecule has 0 aromatic heterocycles. The molecule has 2 heterocycles. The molecule has 23 heavy (non-hydrogen) atoms. The summed E-state index contributed by atoms with van der Waals surface area (Å²) < 4.78 is 5.19. The lowest BCUT2D eigenvalue weighted by Gasteiger charge is -2.34. The van der Waals surface area contributed by atoms with Crippen molar-refractivity contribution in [1.82, 2.24) is 10.2 Å². The Balaban J connectivity index is 1.79. The molecule has 3 unspecified atom stereocenters. The van der Waals surface area contributed by atoms with Crippen molar-refractivity contribution in [2.75, 3.05) is 14.2 Å². The van der Waals surface area contributed by atoms with Crippen molar-refractivity contribution >= 4 is 23.6 Å². The summed E-state index contributed by atoms with van der Waals surface area (Å²) in [6.07, 6.45) is 3.24. The van der Waals surface area contributed by atoms with Crippen molar-refractivity contribution in [2.45, 2.75) is 19.1 Å². The Morgan fingerprint density at radius 1 is 1.30 bits per heavy atom. The largest absolute Gasteiger partial charge is 0.497 e. The number of fused-ring (bicyclic) bond motifs is 1. The molecule has 6 nitrogen and oxygen atoms in total. The molecule has 1 aromatic carbocycles. The fourth-order valence-corrected chi connectivity index (χ4v) is 2.85. The third kappa shape index (κ3) is 2.72. The molecule has 1 fully saturated rings. The number of hydrogen-bond acceptors (Lipinski definition) is 5. The Morgan fingerprint density at radius 3 is 2.83 bits per heavy atom. The van der Waals surface area contributed by atoms with Gasteiger partial charge in [0.05, 0.1) is 13.0 Å². The van der Waals surface area contributed by atoms with E-state index in [9.17, 15) is 9.59 Å². The quantitative estimate of drug-likeness (QED) is 0.848. The summed E-state index contributed by atoms with van der Waals surface area (Å²) in [4.78, 5) is 30.2. The summed E-state index contributed by atoms with van der Waals surface area (Å²) >= 11 is 0. The number of carbonyl (C=O) groups is 2. The van der Waals surface area contributed by atoms with Crippen LogP contribution in [0.25, 0.3) is 6.08 Å².